The van der Waals surface area contributed by atoms with Gasteiger partial charge in [0.25, 0.3) is 0 Å². The zero-order valence-corrected chi connectivity index (χ0v) is 14.0. The first kappa shape index (κ1) is 15.9. The second kappa shape index (κ2) is 6.55. The Kier molecular flexibility index (Phi) is 4.97. The number of aryl methyl sites for hydroxylation is 1. The topological polar surface area (TPSA) is 62.3 Å². The zero-order chi connectivity index (χ0) is 15.5. The van der Waals surface area contributed by atoms with Crippen LogP contribution in [0.25, 0.3) is 0 Å². The molecule has 0 aliphatic rings. The van der Waals surface area contributed by atoms with Gasteiger partial charge in [-0.1, -0.05) is 13.0 Å². The number of sulfonamides is 1. The summed E-state index contributed by atoms with van der Waals surface area (Å²) in [5.74, 6) is 0. The summed E-state index contributed by atoms with van der Waals surface area (Å²) in [6.07, 6.45) is 2.79. The summed E-state index contributed by atoms with van der Waals surface area (Å²) in [5.41, 5.74) is 0.782. The van der Waals surface area contributed by atoms with Gasteiger partial charge >= 0.3 is 0 Å². The van der Waals surface area contributed by atoms with Crippen LogP contribution < -0.4 is 5.32 Å². The van der Waals surface area contributed by atoms with Gasteiger partial charge in [-0.2, -0.15) is 0 Å². The number of thiazole rings is 1. The Morgan fingerprint density at radius 1 is 1.33 bits per heavy atom. The van der Waals surface area contributed by atoms with Crippen LogP contribution in [0.4, 0.5) is 5.69 Å². The third-order valence-electron chi connectivity index (χ3n) is 2.98. The molecule has 0 amide bonds. The van der Waals surface area contributed by atoms with Crippen molar-refractivity contribution in [3.05, 3.63) is 40.3 Å². The molecular weight excluding hydrogens is 306 g/mol. The monoisotopic (exact) mass is 325 g/mol. The zero-order valence-electron chi connectivity index (χ0n) is 12.3. The van der Waals surface area contributed by atoms with Crippen molar-refractivity contribution < 1.29 is 8.42 Å². The van der Waals surface area contributed by atoms with Crippen LogP contribution in [0.2, 0.25) is 0 Å². The fourth-order valence-electron chi connectivity index (χ4n) is 1.76. The lowest BCUT2D eigenvalue weighted by Gasteiger charge is -2.12. The van der Waals surface area contributed by atoms with Crippen molar-refractivity contribution in [2.45, 2.75) is 24.8 Å². The van der Waals surface area contributed by atoms with Crippen LogP contribution in [-0.2, 0) is 23.0 Å². The van der Waals surface area contributed by atoms with Crippen molar-refractivity contribution in [2.75, 3.05) is 19.4 Å². The van der Waals surface area contributed by atoms with Crippen molar-refractivity contribution in [1.82, 2.24) is 9.29 Å². The minimum absolute atomic E-state index is 0.288. The molecule has 1 aromatic carbocycles. The molecule has 2 aromatic rings. The van der Waals surface area contributed by atoms with Gasteiger partial charge < -0.3 is 5.32 Å². The number of anilines is 1. The average Bonchev–Trinajstić information content (AvgIpc) is 2.93. The Bertz CT molecular complexity index is 709. The second-order valence-electron chi connectivity index (χ2n) is 4.74. The summed E-state index contributed by atoms with van der Waals surface area (Å²) >= 11 is 1.67. The van der Waals surface area contributed by atoms with Gasteiger partial charge in [-0.25, -0.2) is 17.7 Å². The Labute approximate surface area is 129 Å². The van der Waals surface area contributed by atoms with Crippen molar-refractivity contribution in [1.29, 1.82) is 0 Å². The van der Waals surface area contributed by atoms with E-state index < -0.39 is 10.0 Å². The molecule has 114 valence electrons. The fraction of sp³-hybridized carbons (Fsp3) is 0.357. The summed E-state index contributed by atoms with van der Waals surface area (Å²) < 4.78 is 25.4. The van der Waals surface area contributed by atoms with E-state index in [1.165, 1.54) is 18.4 Å². The van der Waals surface area contributed by atoms with E-state index in [2.05, 4.69) is 17.2 Å². The van der Waals surface area contributed by atoms with Gasteiger partial charge in [0.15, 0.2) is 0 Å². The first-order valence-electron chi connectivity index (χ1n) is 6.63. The molecule has 0 spiro atoms. The molecule has 0 saturated heterocycles. The normalized spacial score (nSPS) is 11.8. The number of hydrogen-bond donors (Lipinski definition) is 1. The van der Waals surface area contributed by atoms with Crippen LogP contribution in [0.5, 0.6) is 0 Å². The lowest BCUT2D eigenvalue weighted by Crippen LogP contribution is -2.22. The first-order valence-corrected chi connectivity index (χ1v) is 8.89. The van der Waals surface area contributed by atoms with Gasteiger partial charge in [-0.3, -0.25) is 0 Å². The van der Waals surface area contributed by atoms with E-state index in [1.54, 1.807) is 29.5 Å². The highest BCUT2D eigenvalue weighted by molar-refractivity contribution is 7.89. The van der Waals surface area contributed by atoms with Gasteiger partial charge in [0.05, 0.1) is 16.4 Å². The number of hydrogen-bond acceptors (Lipinski definition) is 5. The number of nitrogens with zero attached hydrogens (tertiary/aromatic N) is 2. The third-order valence-corrected chi connectivity index (χ3v) is 5.94. The van der Waals surface area contributed by atoms with Gasteiger partial charge in [-0.05, 0) is 24.6 Å². The number of rotatable bonds is 6. The molecule has 0 aliphatic heterocycles. The number of benzene rings is 1. The summed E-state index contributed by atoms with van der Waals surface area (Å²) in [6, 6.07) is 6.85. The first-order chi connectivity index (χ1) is 9.93. The van der Waals surface area contributed by atoms with Crippen molar-refractivity contribution in [3.63, 3.8) is 0 Å². The Hall–Kier alpha value is -1.44. The highest BCUT2D eigenvalue weighted by Crippen LogP contribution is 2.20. The summed E-state index contributed by atoms with van der Waals surface area (Å²) in [4.78, 5) is 5.72. The highest BCUT2D eigenvalue weighted by atomic mass is 32.2. The van der Waals surface area contributed by atoms with Crippen LogP contribution >= 0.6 is 11.3 Å². The van der Waals surface area contributed by atoms with E-state index in [1.807, 2.05) is 12.3 Å². The van der Waals surface area contributed by atoms with Crippen molar-refractivity contribution in [3.8, 4) is 0 Å². The molecule has 0 saturated carbocycles. The molecule has 0 fully saturated rings. The number of aromatic nitrogens is 1. The van der Waals surface area contributed by atoms with Crippen molar-refractivity contribution >= 4 is 27.0 Å². The van der Waals surface area contributed by atoms with E-state index in [9.17, 15) is 8.42 Å². The molecule has 1 heterocycles. The number of nitrogens with one attached hydrogen (secondary N) is 1. The van der Waals surface area contributed by atoms with Crippen LogP contribution in [0.1, 0.15) is 16.8 Å². The summed E-state index contributed by atoms with van der Waals surface area (Å²) in [7, 11) is -0.345. The van der Waals surface area contributed by atoms with Gasteiger partial charge in [0.2, 0.25) is 10.0 Å². The van der Waals surface area contributed by atoms with E-state index in [-0.39, 0.29) is 4.90 Å². The smallest absolute Gasteiger partial charge is 0.242 e. The summed E-state index contributed by atoms with van der Waals surface area (Å²) in [6.45, 7) is 2.72. The van der Waals surface area contributed by atoms with E-state index >= 15 is 0 Å². The molecule has 7 heteroatoms. The molecule has 0 atom stereocenters. The van der Waals surface area contributed by atoms with Gasteiger partial charge in [0.1, 0.15) is 0 Å². The second-order valence-corrected chi connectivity index (χ2v) is 8.09. The molecule has 1 N–H and O–H groups in total. The lowest BCUT2D eigenvalue weighted by molar-refractivity contribution is 0.521. The molecule has 0 bridgehead atoms. The lowest BCUT2D eigenvalue weighted by atomic mass is 10.3. The third kappa shape index (κ3) is 3.81. The molecule has 2 rings (SSSR count). The minimum atomic E-state index is -3.40. The van der Waals surface area contributed by atoms with E-state index in [4.69, 9.17) is 0 Å². The largest absolute Gasteiger partial charge is 0.380 e. The van der Waals surface area contributed by atoms with E-state index in [0.717, 1.165) is 22.0 Å². The van der Waals surface area contributed by atoms with Crippen molar-refractivity contribution in [2.24, 2.45) is 0 Å². The predicted octanol–water partition coefficient (Wildman–Crippen LogP) is 2.57. The Balaban J connectivity index is 2.11. The maximum atomic E-state index is 12.1. The van der Waals surface area contributed by atoms with Crippen LogP contribution in [-0.4, -0.2) is 31.8 Å². The predicted molar refractivity (Wildman–Crippen MR) is 86.1 cm³/mol. The molecule has 5 nitrogen and oxygen atoms in total. The van der Waals surface area contributed by atoms with E-state index in [0.29, 0.717) is 6.54 Å². The molecular formula is C14H19N3O2S2. The maximum absolute atomic E-state index is 12.1. The standard InChI is InChI=1S/C14H19N3O2S2/c1-4-14-16-10-12(20-14)9-15-11-6-5-7-13(8-11)21(18,19)17(2)3/h5-8,10,15H,4,9H2,1-3H3. The average molecular weight is 325 g/mol. The molecule has 0 aliphatic carbocycles. The molecule has 1 aromatic heterocycles. The van der Waals surface area contributed by atoms with Crippen LogP contribution in [0.3, 0.4) is 0 Å². The molecule has 0 radical (unpaired) electrons. The fourth-order valence-corrected chi connectivity index (χ4v) is 3.51. The van der Waals surface area contributed by atoms with Gasteiger partial charge in [0, 0.05) is 30.9 Å². The minimum Gasteiger partial charge on any atom is -0.380 e. The molecule has 0 unspecified atom stereocenters. The SMILES string of the molecule is CCc1ncc(CNc2cccc(S(=O)(=O)N(C)C)c2)s1. The Morgan fingerprint density at radius 3 is 2.71 bits per heavy atom. The highest BCUT2D eigenvalue weighted by Gasteiger charge is 2.17. The quantitative estimate of drug-likeness (QED) is 0.886. The van der Waals surface area contributed by atoms with Gasteiger partial charge in [-0.15, -0.1) is 11.3 Å². The Morgan fingerprint density at radius 2 is 2.10 bits per heavy atom. The van der Waals surface area contributed by atoms with Crippen LogP contribution in [0.15, 0.2) is 35.4 Å². The molecule has 21 heavy (non-hydrogen) atoms. The van der Waals surface area contributed by atoms with Crippen LogP contribution in [0, 0.1) is 0 Å². The maximum Gasteiger partial charge on any atom is 0.242 e. The summed E-state index contributed by atoms with van der Waals surface area (Å²) in [5, 5.41) is 4.34.